The number of ether oxygens (including phenoxy) is 1. The Labute approximate surface area is 201 Å². The van der Waals surface area contributed by atoms with Crippen LogP contribution in [-0.2, 0) is 18.3 Å². The molecule has 0 spiro atoms. The van der Waals surface area contributed by atoms with Crippen LogP contribution >= 0.6 is 0 Å². The molecule has 35 heavy (non-hydrogen) atoms. The van der Waals surface area contributed by atoms with Crippen molar-refractivity contribution in [1.82, 2.24) is 19.7 Å². The van der Waals surface area contributed by atoms with Gasteiger partial charge in [0.25, 0.3) is 11.5 Å². The Bertz CT molecular complexity index is 1470. The lowest BCUT2D eigenvalue weighted by atomic mass is 9.94. The van der Waals surface area contributed by atoms with Crippen molar-refractivity contribution >= 4 is 16.9 Å². The number of nitrogens with one attached hydrogen (secondary N) is 1. The minimum atomic E-state index is -0.456. The summed E-state index contributed by atoms with van der Waals surface area (Å²) >= 11 is 0. The van der Waals surface area contributed by atoms with Gasteiger partial charge in [0.15, 0.2) is 5.58 Å². The van der Waals surface area contributed by atoms with E-state index >= 15 is 0 Å². The van der Waals surface area contributed by atoms with Gasteiger partial charge >= 0.3 is 0 Å². The van der Waals surface area contributed by atoms with Gasteiger partial charge < -0.3 is 19.0 Å². The number of hydrogen-bond acceptors (Lipinski definition) is 5. The summed E-state index contributed by atoms with van der Waals surface area (Å²) in [6, 6.07) is 8.07. The summed E-state index contributed by atoms with van der Waals surface area (Å²) in [6.45, 7) is 4.51. The topological polar surface area (TPSA) is 91.3 Å². The highest BCUT2D eigenvalue weighted by molar-refractivity contribution is 6.04. The summed E-state index contributed by atoms with van der Waals surface area (Å²) in [6.07, 6.45) is 5.99. The molecule has 1 N–H and O–H groups in total. The highest BCUT2D eigenvalue weighted by atomic mass is 19.1. The molecule has 1 amide bonds. The van der Waals surface area contributed by atoms with Crippen molar-refractivity contribution in [2.75, 3.05) is 6.61 Å². The van der Waals surface area contributed by atoms with Crippen LogP contribution in [0.1, 0.15) is 42.6 Å². The van der Waals surface area contributed by atoms with E-state index in [0.29, 0.717) is 36.3 Å². The van der Waals surface area contributed by atoms with E-state index < -0.39 is 5.82 Å². The Morgan fingerprint density at radius 2 is 2.11 bits per heavy atom. The number of nitrogens with zero attached hydrogens (tertiary/aromatic N) is 3. The van der Waals surface area contributed by atoms with Crippen LogP contribution in [-0.4, -0.2) is 38.5 Å². The first-order valence-corrected chi connectivity index (χ1v) is 11.5. The molecule has 5 rings (SSSR count). The molecule has 182 valence electrons. The molecule has 0 radical (unpaired) electrons. The van der Waals surface area contributed by atoms with Crippen LogP contribution in [0, 0.1) is 5.82 Å². The van der Waals surface area contributed by atoms with E-state index in [4.69, 9.17) is 9.15 Å². The SMILES string of the molecule is Cn1ccc(-c2ccc(Cn3cc(C(=O)NC4CCOC(C)(C)C4)c4occc4c3=O)c(F)c2)n1. The van der Waals surface area contributed by atoms with Crippen LogP contribution in [0.2, 0.25) is 0 Å². The number of aryl methyl sites for hydroxylation is 1. The Kier molecular flexibility index (Phi) is 5.80. The Balaban J connectivity index is 1.45. The molecule has 1 saturated heterocycles. The van der Waals surface area contributed by atoms with Gasteiger partial charge in [0.2, 0.25) is 0 Å². The average molecular weight is 479 g/mol. The zero-order chi connectivity index (χ0) is 24.7. The second kappa shape index (κ2) is 8.81. The summed E-state index contributed by atoms with van der Waals surface area (Å²) in [5, 5.41) is 7.62. The molecule has 1 aliphatic heterocycles. The summed E-state index contributed by atoms with van der Waals surface area (Å²) in [5.41, 5.74) is 1.40. The second-order valence-corrected chi connectivity index (χ2v) is 9.59. The number of pyridine rings is 1. The molecule has 0 aliphatic carbocycles. The maximum absolute atomic E-state index is 15.0. The lowest BCUT2D eigenvalue weighted by Crippen LogP contribution is -2.46. The van der Waals surface area contributed by atoms with Crippen molar-refractivity contribution in [2.24, 2.45) is 7.05 Å². The van der Waals surface area contributed by atoms with Crippen molar-refractivity contribution in [3.8, 4) is 11.3 Å². The number of amides is 1. The van der Waals surface area contributed by atoms with Gasteiger partial charge in [-0.1, -0.05) is 12.1 Å². The zero-order valence-corrected chi connectivity index (χ0v) is 19.9. The summed E-state index contributed by atoms with van der Waals surface area (Å²) < 4.78 is 29.2. The fourth-order valence-electron chi connectivity index (χ4n) is 4.60. The first kappa shape index (κ1) is 23.0. The molecule has 4 heterocycles. The fourth-order valence-corrected chi connectivity index (χ4v) is 4.60. The Morgan fingerprint density at radius 1 is 1.29 bits per heavy atom. The summed E-state index contributed by atoms with van der Waals surface area (Å²) in [7, 11) is 1.79. The van der Waals surface area contributed by atoms with Gasteiger partial charge in [0.1, 0.15) is 5.82 Å². The van der Waals surface area contributed by atoms with Gasteiger partial charge in [0.05, 0.1) is 35.1 Å². The van der Waals surface area contributed by atoms with Crippen molar-refractivity contribution in [3.63, 3.8) is 0 Å². The van der Waals surface area contributed by atoms with E-state index in [-0.39, 0.29) is 46.2 Å². The molecule has 3 aromatic heterocycles. The van der Waals surface area contributed by atoms with Crippen LogP contribution in [0.5, 0.6) is 0 Å². The normalized spacial score (nSPS) is 17.5. The molecule has 1 aromatic carbocycles. The van der Waals surface area contributed by atoms with E-state index in [0.717, 1.165) is 0 Å². The maximum Gasteiger partial charge on any atom is 0.262 e. The number of hydrogen-bond donors (Lipinski definition) is 1. The molecular weight excluding hydrogens is 451 g/mol. The van der Waals surface area contributed by atoms with E-state index in [1.165, 1.54) is 29.2 Å². The maximum atomic E-state index is 15.0. The van der Waals surface area contributed by atoms with Crippen LogP contribution < -0.4 is 10.9 Å². The molecule has 1 atom stereocenters. The number of halogens is 1. The Hall–Kier alpha value is -3.72. The third-order valence-corrected chi connectivity index (χ3v) is 6.37. The minimum Gasteiger partial charge on any atom is -0.463 e. The van der Waals surface area contributed by atoms with Gasteiger partial charge in [-0.15, -0.1) is 0 Å². The smallest absolute Gasteiger partial charge is 0.262 e. The number of carbonyl (C=O) groups is 1. The number of fused-ring (bicyclic) bond motifs is 1. The lowest BCUT2D eigenvalue weighted by Gasteiger charge is -2.35. The van der Waals surface area contributed by atoms with Crippen LogP contribution in [0.4, 0.5) is 4.39 Å². The highest BCUT2D eigenvalue weighted by Crippen LogP contribution is 2.25. The first-order valence-electron chi connectivity index (χ1n) is 11.5. The second-order valence-electron chi connectivity index (χ2n) is 9.59. The number of rotatable bonds is 5. The van der Waals surface area contributed by atoms with E-state index in [1.807, 2.05) is 13.8 Å². The molecule has 0 bridgehead atoms. The number of carbonyl (C=O) groups excluding carboxylic acids is 1. The molecule has 8 nitrogen and oxygen atoms in total. The Morgan fingerprint density at radius 3 is 2.83 bits per heavy atom. The molecule has 9 heteroatoms. The highest BCUT2D eigenvalue weighted by Gasteiger charge is 2.30. The van der Waals surface area contributed by atoms with Crippen LogP contribution in [0.3, 0.4) is 0 Å². The molecule has 1 fully saturated rings. The first-order chi connectivity index (χ1) is 16.7. The standard InChI is InChI=1S/C26H27FN4O4/c1-26(2)13-18(7-11-35-26)28-24(32)20-15-31(25(33)19-8-10-34-23(19)20)14-17-5-4-16(12-21(17)27)22-6-9-30(3)29-22/h4-6,8-10,12,15,18H,7,11,13-14H2,1-3H3,(H,28,32). The molecule has 1 unspecified atom stereocenters. The van der Waals surface area contributed by atoms with Crippen LogP contribution in [0.15, 0.2) is 58.2 Å². The number of furan rings is 1. The third-order valence-electron chi connectivity index (χ3n) is 6.37. The van der Waals surface area contributed by atoms with Crippen molar-refractivity contribution in [1.29, 1.82) is 0 Å². The third kappa shape index (κ3) is 4.64. The van der Waals surface area contributed by atoms with Gasteiger partial charge in [-0.2, -0.15) is 5.10 Å². The van der Waals surface area contributed by atoms with Crippen LogP contribution in [0.25, 0.3) is 22.2 Å². The molecule has 4 aromatic rings. The summed E-state index contributed by atoms with van der Waals surface area (Å²) in [4.78, 5) is 26.3. The largest absolute Gasteiger partial charge is 0.463 e. The molecule has 1 aliphatic rings. The predicted octanol–water partition coefficient (Wildman–Crippen LogP) is 3.87. The minimum absolute atomic E-state index is 0.0289. The fraction of sp³-hybridized carbons (Fsp3) is 0.346. The van der Waals surface area contributed by atoms with Crippen molar-refractivity contribution < 1.29 is 18.3 Å². The van der Waals surface area contributed by atoms with Gasteiger partial charge in [0, 0.05) is 43.2 Å². The summed E-state index contributed by atoms with van der Waals surface area (Å²) in [5.74, 6) is -0.796. The number of aromatic nitrogens is 3. The van der Waals surface area contributed by atoms with Crippen molar-refractivity contribution in [3.05, 3.63) is 76.3 Å². The average Bonchev–Trinajstić information content (AvgIpc) is 3.46. The number of benzene rings is 1. The van der Waals surface area contributed by atoms with E-state index in [2.05, 4.69) is 10.4 Å². The predicted molar refractivity (Wildman–Crippen MR) is 129 cm³/mol. The van der Waals surface area contributed by atoms with Gasteiger partial charge in [-0.25, -0.2) is 4.39 Å². The monoisotopic (exact) mass is 478 g/mol. The molecular formula is C26H27FN4O4. The quantitative estimate of drug-likeness (QED) is 0.470. The lowest BCUT2D eigenvalue weighted by molar-refractivity contribution is -0.0615. The van der Waals surface area contributed by atoms with Crippen molar-refractivity contribution in [2.45, 2.75) is 44.9 Å². The zero-order valence-electron chi connectivity index (χ0n) is 19.9. The van der Waals surface area contributed by atoms with E-state index in [9.17, 15) is 14.0 Å². The molecule has 0 saturated carbocycles. The van der Waals surface area contributed by atoms with E-state index in [1.54, 1.807) is 36.1 Å². The van der Waals surface area contributed by atoms with Gasteiger partial charge in [-0.05, 0) is 44.9 Å². The van der Waals surface area contributed by atoms with Gasteiger partial charge in [-0.3, -0.25) is 14.3 Å².